The maximum atomic E-state index is 14.1. The van der Waals surface area contributed by atoms with Crippen LogP contribution in [0.4, 0.5) is 11.6 Å². The monoisotopic (exact) mass is 623 g/mol. The Hall–Kier alpha value is -4.61. The van der Waals surface area contributed by atoms with Crippen molar-refractivity contribution in [3.63, 3.8) is 0 Å². The molecule has 11 heteroatoms. The third-order valence-corrected chi connectivity index (χ3v) is 10.5. The van der Waals surface area contributed by atoms with Gasteiger partial charge in [-0.2, -0.15) is 4.98 Å². The molecule has 45 heavy (non-hydrogen) atoms. The molecule has 0 bridgehead atoms. The smallest absolute Gasteiger partial charge is 0.260 e. The minimum absolute atomic E-state index is 0.0713. The number of hydrogen-bond acceptors (Lipinski definition) is 8. The van der Waals surface area contributed by atoms with Crippen molar-refractivity contribution in [2.75, 3.05) is 25.5 Å². The lowest BCUT2D eigenvalue weighted by molar-refractivity contribution is 0.251. The lowest BCUT2D eigenvalue weighted by Crippen LogP contribution is -2.30. The third kappa shape index (κ3) is 6.18. The van der Waals surface area contributed by atoms with Crippen LogP contribution in [-0.4, -0.2) is 62.2 Å². The maximum absolute atomic E-state index is 14.1. The van der Waals surface area contributed by atoms with Gasteiger partial charge in [0.25, 0.3) is 5.56 Å². The molecule has 6 rings (SSSR count). The number of nitrogens with zero attached hydrogens (tertiary/aromatic N) is 6. The summed E-state index contributed by atoms with van der Waals surface area (Å²) in [5, 5.41) is 3.21. The molecular weight excluding hydrogens is 586 g/mol. The zero-order valence-electron chi connectivity index (χ0n) is 25.7. The fourth-order valence-electron chi connectivity index (χ4n) is 5.82. The number of imidazole rings is 1. The number of fused-ring (bicyclic) bond motifs is 1. The van der Waals surface area contributed by atoms with Gasteiger partial charge < -0.3 is 10.2 Å². The van der Waals surface area contributed by atoms with Gasteiger partial charge in [0.05, 0.1) is 23.7 Å². The van der Waals surface area contributed by atoms with Gasteiger partial charge in [0, 0.05) is 29.4 Å². The van der Waals surface area contributed by atoms with E-state index in [9.17, 15) is 13.2 Å². The molecule has 0 saturated carbocycles. The molecule has 1 saturated heterocycles. The SMILES string of the molecule is C=C(c1ccccc1)c1cc2cnc(Nc3ccc(C4CCCN(C)C4)cc3)nc2n(Cc2cncn2S(=O)(=O)C(C)C)c1=O. The number of rotatable bonds is 9. The fraction of sp³-hybridized carbons (Fsp3) is 0.294. The van der Waals surface area contributed by atoms with Crippen LogP contribution in [0.2, 0.25) is 0 Å². The van der Waals surface area contributed by atoms with Crippen LogP contribution >= 0.6 is 0 Å². The van der Waals surface area contributed by atoms with Gasteiger partial charge >= 0.3 is 0 Å². The van der Waals surface area contributed by atoms with E-state index in [1.807, 2.05) is 42.5 Å². The first-order valence-corrected chi connectivity index (χ1v) is 16.6. The summed E-state index contributed by atoms with van der Waals surface area (Å²) in [6, 6.07) is 19.5. The van der Waals surface area contributed by atoms with Gasteiger partial charge in [-0.15, -0.1) is 0 Å². The Kier molecular flexibility index (Phi) is 8.39. The molecule has 1 atom stereocenters. The Balaban J connectivity index is 1.40. The Morgan fingerprint density at radius 1 is 1.09 bits per heavy atom. The van der Waals surface area contributed by atoms with Crippen molar-refractivity contribution in [1.82, 2.24) is 28.4 Å². The average Bonchev–Trinajstić information content (AvgIpc) is 3.52. The van der Waals surface area contributed by atoms with Crippen LogP contribution in [0.3, 0.4) is 0 Å². The summed E-state index contributed by atoms with van der Waals surface area (Å²) in [5.41, 5.74) is 4.20. The molecule has 3 aromatic heterocycles. The number of nitrogens with one attached hydrogen (secondary N) is 1. The standard InChI is InChI=1S/C34H37N7O3S/c1-23(2)45(43,44)41-22-35-19-30(41)21-40-32-28(17-31(33(40)42)24(3)25-9-6-5-7-10-25)18-36-34(38-32)37-29-14-12-26(13-15-29)27-11-8-16-39(4)20-27/h5-7,9-10,12-15,17-19,22-23,27H,3,8,11,16,20-21H2,1-2,4H3,(H,36,37,38). The van der Waals surface area contributed by atoms with Gasteiger partial charge in [-0.3, -0.25) is 9.36 Å². The van der Waals surface area contributed by atoms with E-state index in [4.69, 9.17) is 4.98 Å². The maximum Gasteiger partial charge on any atom is 0.260 e. The van der Waals surface area contributed by atoms with Crippen molar-refractivity contribution >= 4 is 38.3 Å². The van der Waals surface area contributed by atoms with E-state index in [2.05, 4.69) is 45.9 Å². The van der Waals surface area contributed by atoms with Gasteiger partial charge in [-0.1, -0.05) is 49.0 Å². The van der Waals surface area contributed by atoms with Crippen LogP contribution in [0.15, 0.2) is 90.8 Å². The molecule has 0 aliphatic carbocycles. The third-order valence-electron chi connectivity index (χ3n) is 8.41. The Morgan fingerprint density at radius 3 is 2.56 bits per heavy atom. The van der Waals surface area contributed by atoms with Crippen molar-refractivity contribution in [3.05, 3.63) is 119 Å². The quantitative estimate of drug-likeness (QED) is 0.237. The van der Waals surface area contributed by atoms with Crippen molar-refractivity contribution in [3.8, 4) is 0 Å². The minimum Gasteiger partial charge on any atom is -0.324 e. The summed E-state index contributed by atoms with van der Waals surface area (Å²) in [4.78, 5) is 29.9. The summed E-state index contributed by atoms with van der Waals surface area (Å²) in [6.45, 7) is 9.55. The summed E-state index contributed by atoms with van der Waals surface area (Å²) >= 11 is 0. The van der Waals surface area contributed by atoms with Gasteiger partial charge in [0.1, 0.15) is 12.0 Å². The van der Waals surface area contributed by atoms with Gasteiger partial charge in [-0.25, -0.2) is 22.4 Å². The number of pyridine rings is 1. The second-order valence-electron chi connectivity index (χ2n) is 11.9. The molecule has 10 nitrogen and oxygen atoms in total. The first-order chi connectivity index (χ1) is 21.6. The van der Waals surface area contributed by atoms with E-state index in [-0.39, 0.29) is 12.1 Å². The van der Waals surface area contributed by atoms with Crippen molar-refractivity contribution in [2.24, 2.45) is 0 Å². The minimum atomic E-state index is -3.71. The van der Waals surface area contributed by atoms with Crippen LogP contribution in [0.5, 0.6) is 0 Å². The molecule has 1 unspecified atom stereocenters. The molecule has 0 radical (unpaired) electrons. The number of aromatic nitrogens is 5. The van der Waals surface area contributed by atoms with E-state index < -0.39 is 15.3 Å². The molecule has 5 aromatic rings. The van der Waals surface area contributed by atoms with E-state index >= 15 is 0 Å². The highest BCUT2D eigenvalue weighted by Crippen LogP contribution is 2.28. The number of anilines is 2. The molecule has 1 aliphatic rings. The van der Waals surface area contributed by atoms with E-state index in [0.29, 0.717) is 39.7 Å². The number of likely N-dealkylation sites (N-methyl/N-ethyl adjacent to an activating group) is 1. The molecule has 0 spiro atoms. The van der Waals surface area contributed by atoms with Crippen LogP contribution in [0, 0.1) is 0 Å². The number of piperidine rings is 1. The van der Waals surface area contributed by atoms with Crippen molar-refractivity contribution in [2.45, 2.75) is 44.4 Å². The Labute approximate surface area is 263 Å². The van der Waals surface area contributed by atoms with Crippen LogP contribution < -0.4 is 10.9 Å². The summed E-state index contributed by atoms with van der Waals surface area (Å²) in [6.07, 6.45) is 6.76. The molecule has 232 valence electrons. The van der Waals surface area contributed by atoms with E-state index in [0.717, 1.165) is 28.3 Å². The van der Waals surface area contributed by atoms with Gasteiger partial charge in [-0.05, 0) is 81.1 Å². The highest BCUT2D eigenvalue weighted by molar-refractivity contribution is 7.90. The lowest BCUT2D eigenvalue weighted by Gasteiger charge is -2.30. The zero-order chi connectivity index (χ0) is 31.7. The van der Waals surface area contributed by atoms with Gasteiger partial charge in [0.15, 0.2) is 0 Å². The largest absolute Gasteiger partial charge is 0.324 e. The summed E-state index contributed by atoms with van der Waals surface area (Å²) < 4.78 is 28.8. The second-order valence-corrected chi connectivity index (χ2v) is 14.3. The zero-order valence-corrected chi connectivity index (χ0v) is 26.5. The normalized spacial score (nSPS) is 15.9. The highest BCUT2D eigenvalue weighted by Gasteiger charge is 2.23. The predicted molar refractivity (Wildman–Crippen MR) is 178 cm³/mol. The lowest BCUT2D eigenvalue weighted by atomic mass is 9.91. The molecule has 0 amide bonds. The topological polar surface area (TPSA) is 115 Å². The number of hydrogen-bond donors (Lipinski definition) is 1. The average molecular weight is 624 g/mol. The Bertz CT molecular complexity index is 2020. The van der Waals surface area contributed by atoms with Crippen LogP contribution in [0.1, 0.15) is 55.0 Å². The Morgan fingerprint density at radius 2 is 1.84 bits per heavy atom. The van der Waals surface area contributed by atoms with Gasteiger partial charge in [0.2, 0.25) is 16.0 Å². The predicted octanol–water partition coefficient (Wildman–Crippen LogP) is 5.24. The van der Waals surface area contributed by atoms with Crippen LogP contribution in [-0.2, 0) is 16.6 Å². The summed E-state index contributed by atoms with van der Waals surface area (Å²) in [5.74, 6) is 0.829. The number of benzene rings is 2. The molecular formula is C34H37N7O3S. The molecule has 4 heterocycles. The number of likely N-dealkylation sites (tertiary alicyclic amines) is 1. The summed E-state index contributed by atoms with van der Waals surface area (Å²) in [7, 11) is -1.55. The first kappa shape index (κ1) is 30.4. The first-order valence-electron chi connectivity index (χ1n) is 15.1. The fourth-order valence-corrected chi connectivity index (χ4v) is 6.89. The molecule has 1 aliphatic heterocycles. The molecule has 1 N–H and O–H groups in total. The molecule has 1 fully saturated rings. The van der Waals surface area contributed by atoms with E-state index in [1.54, 1.807) is 26.1 Å². The van der Waals surface area contributed by atoms with Crippen molar-refractivity contribution in [1.29, 1.82) is 0 Å². The van der Waals surface area contributed by atoms with Crippen LogP contribution in [0.25, 0.3) is 16.6 Å². The van der Waals surface area contributed by atoms with E-state index in [1.165, 1.54) is 35.5 Å². The van der Waals surface area contributed by atoms with Crippen molar-refractivity contribution < 1.29 is 8.42 Å². The molecule has 2 aromatic carbocycles. The second kappa shape index (κ2) is 12.4. The highest BCUT2D eigenvalue weighted by atomic mass is 32.2.